The maximum atomic E-state index is 12.9. The van der Waals surface area contributed by atoms with Gasteiger partial charge in [-0.05, 0) is 49.8 Å². The highest BCUT2D eigenvalue weighted by Crippen LogP contribution is 2.34. The number of nitrogens with zero attached hydrogens (tertiary/aromatic N) is 2. The molecule has 3 aromatic rings. The van der Waals surface area contributed by atoms with Crippen LogP contribution in [0.5, 0.6) is 5.75 Å². The lowest BCUT2D eigenvalue weighted by Gasteiger charge is -2.20. The second-order valence-electron chi connectivity index (χ2n) is 8.31. The lowest BCUT2D eigenvalue weighted by molar-refractivity contribution is -0.118. The highest BCUT2D eigenvalue weighted by Gasteiger charge is 2.20. The van der Waals surface area contributed by atoms with Crippen molar-refractivity contribution in [2.45, 2.75) is 52.7 Å². The Bertz CT molecular complexity index is 1220. The van der Waals surface area contributed by atoms with Crippen molar-refractivity contribution in [1.82, 2.24) is 15.3 Å². The van der Waals surface area contributed by atoms with Gasteiger partial charge >= 0.3 is 0 Å². The van der Waals surface area contributed by atoms with E-state index in [9.17, 15) is 9.18 Å². The predicted octanol–water partition coefficient (Wildman–Crippen LogP) is 6.24. The number of halogens is 3. The van der Waals surface area contributed by atoms with E-state index in [-0.39, 0.29) is 18.2 Å². The normalized spacial score (nSPS) is 11.9. The Labute approximate surface area is 242 Å². The molecule has 3 atom stereocenters. The highest BCUT2D eigenvalue weighted by molar-refractivity contribution is 7.28. The summed E-state index contributed by atoms with van der Waals surface area (Å²) in [4.78, 5) is 30.7. The maximum absolute atomic E-state index is 12.9. The fourth-order valence-electron chi connectivity index (χ4n) is 3.34. The smallest absolute Gasteiger partial charge is 0.241 e. The molecule has 39 heavy (non-hydrogen) atoms. The van der Waals surface area contributed by atoms with Gasteiger partial charge in [0.25, 0.3) is 0 Å². The number of alkyl halides is 2. The second kappa shape index (κ2) is 17.9. The minimum absolute atomic E-state index is 0.0154. The van der Waals surface area contributed by atoms with Crippen LogP contribution in [0.15, 0.2) is 36.7 Å². The van der Waals surface area contributed by atoms with E-state index in [2.05, 4.69) is 60.6 Å². The van der Waals surface area contributed by atoms with Crippen molar-refractivity contribution in [1.29, 1.82) is 0 Å². The van der Waals surface area contributed by atoms with Gasteiger partial charge in [-0.25, -0.2) is 14.4 Å². The number of benzene rings is 2. The molecule has 0 spiro atoms. The summed E-state index contributed by atoms with van der Waals surface area (Å²) in [5.41, 5.74) is 0.248. The minimum atomic E-state index is -1.82. The van der Waals surface area contributed by atoms with E-state index in [4.69, 9.17) is 21.1 Å². The summed E-state index contributed by atoms with van der Waals surface area (Å²) in [7, 11) is 4.38. The molecule has 3 N–H and O–H groups in total. The van der Waals surface area contributed by atoms with Gasteiger partial charge in [-0.3, -0.25) is 9.59 Å². The molecule has 0 fully saturated rings. The van der Waals surface area contributed by atoms with Crippen LogP contribution in [0.3, 0.4) is 0 Å². The van der Waals surface area contributed by atoms with Crippen LogP contribution in [-0.4, -0.2) is 47.5 Å². The molecule has 8 nitrogen and oxygen atoms in total. The largest absolute Gasteiger partial charge is 0.492 e. The van der Waals surface area contributed by atoms with Crippen molar-refractivity contribution in [3.63, 3.8) is 0 Å². The quantitative estimate of drug-likeness (QED) is 0.144. The molecule has 1 aromatic heterocycles. The number of amides is 1. The Balaban J connectivity index is 0.000000975. The number of carbonyl (C=O) groups excluding carboxylic acids is 2. The van der Waals surface area contributed by atoms with Crippen LogP contribution in [0.25, 0.3) is 10.9 Å². The number of anilines is 3. The molecule has 1 amide bonds. The van der Waals surface area contributed by atoms with Crippen molar-refractivity contribution < 1.29 is 18.7 Å². The number of likely N-dealkylation sites (N-methyl/N-ethyl adjacent to an activating group) is 1. The van der Waals surface area contributed by atoms with E-state index in [1.807, 2.05) is 51.1 Å². The Morgan fingerprint density at radius 1 is 1.21 bits per heavy atom. The van der Waals surface area contributed by atoms with E-state index >= 15 is 0 Å². The van der Waals surface area contributed by atoms with Crippen LogP contribution in [0.4, 0.5) is 21.6 Å². The van der Waals surface area contributed by atoms with Crippen molar-refractivity contribution in [2.24, 2.45) is 5.92 Å². The van der Waals surface area contributed by atoms with Crippen molar-refractivity contribution in [3.8, 4) is 5.75 Å². The fourth-order valence-corrected chi connectivity index (χ4v) is 3.71. The fraction of sp³-hybridized carbons (Fsp3) is 0.407. The minimum Gasteiger partial charge on any atom is -0.492 e. The van der Waals surface area contributed by atoms with Crippen LogP contribution in [0.2, 0.25) is 5.02 Å². The number of fused-ring (bicyclic) bond motifs is 1. The van der Waals surface area contributed by atoms with Crippen LogP contribution in [0.1, 0.15) is 41.0 Å². The molecule has 0 radical (unpaired) electrons. The van der Waals surface area contributed by atoms with E-state index in [0.717, 1.165) is 22.8 Å². The van der Waals surface area contributed by atoms with Gasteiger partial charge in [0.05, 0.1) is 23.9 Å². The highest BCUT2D eigenvalue weighted by atomic mass is 35.5. The third-order valence-corrected chi connectivity index (χ3v) is 6.15. The van der Waals surface area contributed by atoms with Crippen molar-refractivity contribution in [3.05, 3.63) is 41.7 Å². The zero-order valence-corrected chi connectivity index (χ0v) is 25.7. The summed E-state index contributed by atoms with van der Waals surface area (Å²) in [5, 5.41) is 11.7. The topological polar surface area (TPSA) is 105 Å². The van der Waals surface area contributed by atoms with Gasteiger partial charge in [-0.1, -0.05) is 57.0 Å². The standard InChI is InChI=1S/C23H29ClN5O2P.C2H2ClFO.C2H6/c1-5-31-20-11-17-15(10-18(20)29-23(30)19(25-4)8-13(2)3)22(27-12-26-17)28-14-6-7-21(32)16(24)9-14;3-2(4)1-5;1-2/h6-7,9-13,19,25H,5,8,32H2,1-4H3,(H,29,30)(H,26,27,28);1-2H;1-2H3/t19-;;/m1../s1. The van der Waals surface area contributed by atoms with Gasteiger partial charge in [-0.15, -0.1) is 9.24 Å². The number of aromatic nitrogens is 2. The number of hydrogen-bond donors (Lipinski definition) is 3. The van der Waals surface area contributed by atoms with Crippen LogP contribution < -0.4 is 26.0 Å². The molecule has 2 unspecified atom stereocenters. The Kier molecular flexibility index (Phi) is 15.8. The second-order valence-corrected chi connectivity index (χ2v) is 9.76. The SMILES string of the molecule is CC.CCOc1cc2ncnc(Nc3ccc(P)c(Cl)c3)c2cc1NC(=O)[C@@H](CC(C)C)NC.O=CC(F)Cl. The third kappa shape index (κ3) is 11.2. The molecule has 2 aromatic carbocycles. The summed E-state index contributed by atoms with van der Waals surface area (Å²) in [6.07, 6.45) is 2.23. The molecule has 0 aliphatic heterocycles. The molecule has 0 aliphatic carbocycles. The molecule has 1 heterocycles. The molecule has 214 valence electrons. The van der Waals surface area contributed by atoms with Crippen LogP contribution in [0, 0.1) is 5.92 Å². The number of carbonyl (C=O) groups is 2. The zero-order valence-electron chi connectivity index (χ0n) is 23.0. The van der Waals surface area contributed by atoms with Gasteiger partial charge < -0.3 is 20.7 Å². The summed E-state index contributed by atoms with van der Waals surface area (Å²) in [6, 6.07) is 9.01. The molecule has 0 saturated heterocycles. The van der Waals surface area contributed by atoms with Gasteiger partial charge in [0.2, 0.25) is 11.5 Å². The Morgan fingerprint density at radius 3 is 2.41 bits per heavy atom. The summed E-state index contributed by atoms with van der Waals surface area (Å²) in [6.45, 7) is 10.5. The monoisotopic (exact) mass is 599 g/mol. The number of hydrogen-bond acceptors (Lipinski definition) is 7. The molecule has 0 aliphatic rings. The number of nitrogens with one attached hydrogen (secondary N) is 3. The van der Waals surface area contributed by atoms with Gasteiger partial charge in [-0.2, -0.15) is 0 Å². The van der Waals surface area contributed by atoms with E-state index < -0.39 is 5.63 Å². The maximum Gasteiger partial charge on any atom is 0.241 e. The lowest BCUT2D eigenvalue weighted by Crippen LogP contribution is -2.39. The van der Waals surface area contributed by atoms with E-state index in [0.29, 0.717) is 40.3 Å². The zero-order chi connectivity index (χ0) is 29.5. The first-order chi connectivity index (χ1) is 18.6. The molecule has 12 heteroatoms. The number of rotatable bonds is 10. The third-order valence-electron chi connectivity index (χ3n) is 5.03. The number of aldehydes is 1. The van der Waals surface area contributed by atoms with Crippen molar-refractivity contribution >= 4 is 78.0 Å². The first-order valence-electron chi connectivity index (χ1n) is 12.5. The van der Waals surface area contributed by atoms with Crippen LogP contribution >= 0.6 is 32.4 Å². The van der Waals surface area contributed by atoms with Crippen molar-refractivity contribution in [2.75, 3.05) is 24.3 Å². The summed E-state index contributed by atoms with van der Waals surface area (Å²) in [5.74, 6) is 1.43. The van der Waals surface area contributed by atoms with Gasteiger partial charge in [0.1, 0.15) is 17.9 Å². The molecule has 3 rings (SSSR count). The van der Waals surface area contributed by atoms with Crippen LogP contribution in [-0.2, 0) is 9.59 Å². The number of ether oxygens (including phenoxy) is 1. The molecular formula is C27H37Cl2FN5O3P. The summed E-state index contributed by atoms with van der Waals surface area (Å²) < 4.78 is 16.6. The molecule has 0 bridgehead atoms. The average Bonchev–Trinajstić information content (AvgIpc) is 2.91. The first kappa shape index (κ1) is 34.4. The lowest BCUT2D eigenvalue weighted by atomic mass is 10.0. The van der Waals surface area contributed by atoms with Gasteiger partial charge in [0.15, 0.2) is 6.29 Å². The van der Waals surface area contributed by atoms with E-state index in [1.54, 1.807) is 7.05 Å². The van der Waals surface area contributed by atoms with Gasteiger partial charge in [0, 0.05) is 22.2 Å². The Morgan fingerprint density at radius 2 is 1.87 bits per heavy atom. The van der Waals surface area contributed by atoms with E-state index in [1.165, 1.54) is 6.33 Å². The Hall–Kier alpha value is -2.58. The average molecular weight is 601 g/mol. The molecular weight excluding hydrogens is 563 g/mol. The first-order valence-corrected chi connectivity index (χ1v) is 13.9. The summed E-state index contributed by atoms with van der Waals surface area (Å²) >= 11 is 10.7. The predicted molar refractivity (Wildman–Crippen MR) is 164 cm³/mol. The molecule has 0 saturated carbocycles.